The molecule has 3 aromatic rings. The highest BCUT2D eigenvalue weighted by Crippen LogP contribution is 2.41. The van der Waals surface area contributed by atoms with Gasteiger partial charge in [0.25, 0.3) is 0 Å². The molecule has 8 heteroatoms. The Labute approximate surface area is 244 Å². The highest BCUT2D eigenvalue weighted by molar-refractivity contribution is 9.10. The fourth-order valence-electron chi connectivity index (χ4n) is 5.62. The number of hydrogen-bond donors (Lipinski definition) is 0. The van der Waals surface area contributed by atoms with Crippen molar-refractivity contribution in [1.29, 1.82) is 0 Å². The van der Waals surface area contributed by atoms with Crippen LogP contribution in [0.1, 0.15) is 30.0 Å². The Bertz CT molecular complexity index is 1310. The second-order valence-electron chi connectivity index (χ2n) is 10.4. The summed E-state index contributed by atoms with van der Waals surface area (Å²) in [4.78, 5) is 33.6. The van der Waals surface area contributed by atoms with E-state index in [2.05, 4.69) is 20.8 Å². The topological polar surface area (TPSA) is 62.3 Å². The molecule has 2 atom stereocenters. The number of piperazine rings is 1. The van der Waals surface area contributed by atoms with E-state index in [0.29, 0.717) is 32.5 Å². The SMILES string of the molecule is COc1ccc(C2C(C(=O)N3CCN(CCOc4cccc(Br)c4)CC3)CCC(=O)N2c2ccc(C)cc2)cc1. The lowest BCUT2D eigenvalue weighted by Gasteiger charge is -2.44. The Morgan fingerprint density at radius 3 is 2.35 bits per heavy atom. The van der Waals surface area contributed by atoms with E-state index in [9.17, 15) is 9.59 Å². The number of amides is 2. The van der Waals surface area contributed by atoms with Crippen LogP contribution in [-0.4, -0.2) is 68.1 Å². The molecule has 0 aliphatic carbocycles. The summed E-state index contributed by atoms with van der Waals surface area (Å²) in [6.07, 6.45) is 0.890. The molecule has 0 N–H and O–H groups in total. The van der Waals surface area contributed by atoms with E-state index in [1.165, 1.54) is 0 Å². The minimum absolute atomic E-state index is 0.0454. The highest BCUT2D eigenvalue weighted by Gasteiger charge is 2.43. The van der Waals surface area contributed by atoms with Crippen LogP contribution in [0.2, 0.25) is 0 Å². The number of carbonyl (C=O) groups excluding carboxylic acids is 2. The molecule has 2 unspecified atom stereocenters. The number of aryl methyl sites for hydroxylation is 1. The predicted molar refractivity (Wildman–Crippen MR) is 160 cm³/mol. The van der Waals surface area contributed by atoms with Crippen LogP contribution in [0.4, 0.5) is 5.69 Å². The van der Waals surface area contributed by atoms with E-state index in [-0.39, 0.29) is 23.8 Å². The lowest BCUT2D eigenvalue weighted by Crippen LogP contribution is -2.54. The van der Waals surface area contributed by atoms with Crippen LogP contribution in [0.5, 0.6) is 11.5 Å². The first kappa shape index (κ1) is 28.2. The van der Waals surface area contributed by atoms with Gasteiger partial charge in [-0.1, -0.05) is 51.8 Å². The molecule has 40 heavy (non-hydrogen) atoms. The number of methoxy groups -OCH3 is 1. The Morgan fingerprint density at radius 1 is 0.950 bits per heavy atom. The van der Waals surface area contributed by atoms with E-state index in [1.807, 2.05) is 89.5 Å². The van der Waals surface area contributed by atoms with Crippen molar-refractivity contribution in [2.75, 3.05) is 51.3 Å². The second-order valence-corrected chi connectivity index (χ2v) is 11.4. The summed E-state index contributed by atoms with van der Waals surface area (Å²) in [5.41, 5.74) is 2.89. The second kappa shape index (κ2) is 12.9. The molecule has 2 fully saturated rings. The van der Waals surface area contributed by atoms with Gasteiger partial charge in [0.1, 0.15) is 18.1 Å². The molecular weight excluding hydrogens is 570 g/mol. The molecule has 0 aromatic heterocycles. The lowest BCUT2D eigenvalue weighted by atomic mass is 9.82. The average molecular weight is 607 g/mol. The fraction of sp³-hybridized carbons (Fsp3) is 0.375. The summed E-state index contributed by atoms with van der Waals surface area (Å²) >= 11 is 3.48. The number of ether oxygens (including phenoxy) is 2. The van der Waals surface area contributed by atoms with E-state index < -0.39 is 0 Å². The first-order chi connectivity index (χ1) is 19.4. The molecule has 0 spiro atoms. The van der Waals surface area contributed by atoms with Gasteiger partial charge in [-0.05, 0) is 61.4 Å². The third-order valence-electron chi connectivity index (χ3n) is 7.84. The van der Waals surface area contributed by atoms with Gasteiger partial charge in [-0.25, -0.2) is 0 Å². The van der Waals surface area contributed by atoms with Crippen molar-refractivity contribution in [3.8, 4) is 11.5 Å². The van der Waals surface area contributed by atoms with Crippen molar-refractivity contribution in [3.05, 3.63) is 88.4 Å². The molecule has 5 rings (SSSR count). The summed E-state index contributed by atoms with van der Waals surface area (Å²) in [6, 6.07) is 23.2. The maximum atomic E-state index is 14.1. The average Bonchev–Trinajstić information content (AvgIpc) is 2.98. The number of anilines is 1. The third kappa shape index (κ3) is 6.50. The van der Waals surface area contributed by atoms with Crippen molar-refractivity contribution in [3.63, 3.8) is 0 Å². The Hall–Kier alpha value is -3.36. The van der Waals surface area contributed by atoms with Crippen LogP contribution in [0.3, 0.4) is 0 Å². The summed E-state index contributed by atoms with van der Waals surface area (Å²) in [6.45, 7) is 6.37. The lowest BCUT2D eigenvalue weighted by molar-refractivity contribution is -0.140. The van der Waals surface area contributed by atoms with E-state index >= 15 is 0 Å². The van der Waals surface area contributed by atoms with Gasteiger partial charge in [0.2, 0.25) is 11.8 Å². The largest absolute Gasteiger partial charge is 0.497 e. The van der Waals surface area contributed by atoms with E-state index in [4.69, 9.17) is 9.47 Å². The normalized spacial score (nSPS) is 19.9. The fourth-order valence-corrected chi connectivity index (χ4v) is 6.00. The summed E-state index contributed by atoms with van der Waals surface area (Å²) in [7, 11) is 1.64. The first-order valence-electron chi connectivity index (χ1n) is 13.8. The third-order valence-corrected chi connectivity index (χ3v) is 8.33. The van der Waals surface area contributed by atoms with Crippen molar-refractivity contribution in [2.45, 2.75) is 25.8 Å². The molecule has 0 radical (unpaired) electrons. The maximum absolute atomic E-state index is 14.1. The Morgan fingerprint density at radius 2 is 1.68 bits per heavy atom. The van der Waals surface area contributed by atoms with Crippen molar-refractivity contribution in [2.24, 2.45) is 5.92 Å². The molecule has 7 nitrogen and oxygen atoms in total. The van der Waals surface area contributed by atoms with Crippen LogP contribution in [0, 0.1) is 12.8 Å². The Balaban J connectivity index is 1.28. The summed E-state index contributed by atoms with van der Waals surface area (Å²) in [5.74, 6) is 1.44. The molecule has 0 bridgehead atoms. The van der Waals surface area contributed by atoms with Crippen LogP contribution < -0.4 is 14.4 Å². The van der Waals surface area contributed by atoms with E-state index in [1.54, 1.807) is 7.11 Å². The van der Waals surface area contributed by atoms with Gasteiger partial charge in [-0.3, -0.25) is 14.5 Å². The molecule has 3 aromatic carbocycles. The number of rotatable bonds is 8. The van der Waals surface area contributed by atoms with Gasteiger partial charge < -0.3 is 19.3 Å². The zero-order valence-corrected chi connectivity index (χ0v) is 24.7. The summed E-state index contributed by atoms with van der Waals surface area (Å²) < 4.78 is 12.3. The minimum atomic E-state index is -0.376. The van der Waals surface area contributed by atoms with Crippen LogP contribution in [0.15, 0.2) is 77.3 Å². The molecule has 2 aliphatic rings. The van der Waals surface area contributed by atoms with Crippen LogP contribution >= 0.6 is 15.9 Å². The summed E-state index contributed by atoms with van der Waals surface area (Å²) in [5, 5.41) is 0. The number of benzene rings is 3. The van der Waals surface area contributed by atoms with Crippen LogP contribution in [-0.2, 0) is 9.59 Å². The number of hydrogen-bond acceptors (Lipinski definition) is 5. The van der Waals surface area contributed by atoms with Gasteiger partial charge in [0, 0.05) is 49.3 Å². The smallest absolute Gasteiger partial charge is 0.228 e. The van der Waals surface area contributed by atoms with Gasteiger partial charge in [-0.15, -0.1) is 0 Å². The van der Waals surface area contributed by atoms with Crippen LogP contribution in [0.25, 0.3) is 0 Å². The van der Waals surface area contributed by atoms with Gasteiger partial charge in [-0.2, -0.15) is 0 Å². The molecule has 210 valence electrons. The first-order valence-corrected chi connectivity index (χ1v) is 14.6. The zero-order chi connectivity index (χ0) is 28.1. The number of nitrogens with zero attached hydrogens (tertiary/aromatic N) is 3. The zero-order valence-electron chi connectivity index (χ0n) is 23.1. The quantitative estimate of drug-likeness (QED) is 0.340. The predicted octanol–water partition coefficient (Wildman–Crippen LogP) is 5.47. The molecule has 0 saturated carbocycles. The van der Waals surface area contributed by atoms with Crippen molar-refractivity contribution >= 4 is 33.4 Å². The number of halogens is 1. The molecular formula is C32H36BrN3O4. The molecule has 2 saturated heterocycles. The highest BCUT2D eigenvalue weighted by atomic mass is 79.9. The van der Waals surface area contributed by atoms with Crippen molar-refractivity contribution in [1.82, 2.24) is 9.80 Å². The number of piperidine rings is 1. The molecule has 2 amide bonds. The van der Waals surface area contributed by atoms with Gasteiger partial charge >= 0.3 is 0 Å². The standard InChI is InChI=1S/C32H36BrN3O4/c1-23-6-10-26(11-7-23)36-30(37)15-14-29(31(36)24-8-12-27(39-2)13-9-24)32(38)35-18-16-34(17-19-35)20-21-40-28-5-3-4-25(33)22-28/h3-13,22,29,31H,14-21H2,1-2H3. The minimum Gasteiger partial charge on any atom is -0.497 e. The monoisotopic (exact) mass is 605 g/mol. The van der Waals surface area contributed by atoms with Gasteiger partial charge in [0.15, 0.2) is 0 Å². The van der Waals surface area contributed by atoms with Gasteiger partial charge in [0.05, 0.1) is 19.1 Å². The maximum Gasteiger partial charge on any atom is 0.228 e. The molecule has 2 heterocycles. The molecule has 2 aliphatic heterocycles. The van der Waals surface area contributed by atoms with E-state index in [0.717, 1.165) is 52.4 Å². The number of carbonyl (C=O) groups is 2. The Kier molecular flexibility index (Phi) is 9.07. The van der Waals surface area contributed by atoms with Crippen molar-refractivity contribution < 1.29 is 19.1 Å².